The number of H-pyrrole nitrogens is 1. The number of imidazole rings is 3. The monoisotopic (exact) mass is 415 g/mol. The summed E-state index contributed by atoms with van der Waals surface area (Å²) in [6.07, 6.45) is 1.76. The fourth-order valence-corrected chi connectivity index (χ4v) is 4.58. The van der Waals surface area contributed by atoms with Crippen molar-refractivity contribution in [3.8, 4) is 11.3 Å². The fourth-order valence-electron chi connectivity index (χ4n) is 4.58. The average Bonchev–Trinajstić information content (AvgIpc) is 3.54. The van der Waals surface area contributed by atoms with E-state index in [9.17, 15) is 0 Å². The summed E-state index contributed by atoms with van der Waals surface area (Å²) in [4.78, 5) is 21.8. The molecule has 0 aliphatic carbocycles. The van der Waals surface area contributed by atoms with Gasteiger partial charge in [-0.25, -0.2) is 9.97 Å². The first-order valence-corrected chi connectivity index (χ1v) is 10.3. The van der Waals surface area contributed by atoms with Crippen LogP contribution in [-0.2, 0) is 0 Å². The first-order valence-electron chi connectivity index (χ1n) is 10.3. The number of hydrogen-bond donors (Lipinski definition) is 1. The second kappa shape index (κ2) is 5.50. The maximum absolute atomic E-state index is 5.89. The highest BCUT2D eigenvalue weighted by atomic mass is 16.4. The Labute approximate surface area is 178 Å². The molecule has 8 aromatic rings. The van der Waals surface area contributed by atoms with Gasteiger partial charge in [-0.1, -0.05) is 18.2 Å². The van der Waals surface area contributed by atoms with Gasteiger partial charge < -0.3 is 9.40 Å². The van der Waals surface area contributed by atoms with Crippen LogP contribution in [0.4, 0.5) is 0 Å². The highest BCUT2D eigenvalue weighted by molar-refractivity contribution is 5.91. The van der Waals surface area contributed by atoms with Gasteiger partial charge in [0, 0.05) is 11.8 Å². The van der Waals surface area contributed by atoms with Gasteiger partial charge in [0.15, 0.2) is 16.9 Å². The van der Waals surface area contributed by atoms with Gasteiger partial charge in [0.2, 0.25) is 5.78 Å². The summed E-state index contributed by atoms with van der Waals surface area (Å²) in [5, 5.41) is 0. The van der Waals surface area contributed by atoms with Crippen LogP contribution in [0.5, 0.6) is 0 Å². The molecule has 8 rings (SSSR count). The van der Waals surface area contributed by atoms with Crippen LogP contribution in [0.15, 0.2) is 77.3 Å². The summed E-state index contributed by atoms with van der Waals surface area (Å²) in [5.74, 6) is 1.32. The van der Waals surface area contributed by atoms with Crippen LogP contribution in [-0.4, -0.2) is 33.7 Å². The molecule has 8 nitrogen and oxygen atoms in total. The van der Waals surface area contributed by atoms with Crippen molar-refractivity contribution in [2.24, 2.45) is 0 Å². The quantitative estimate of drug-likeness (QED) is 0.409. The number of fused-ring (bicyclic) bond motifs is 10. The Morgan fingerprint density at radius 2 is 1.59 bits per heavy atom. The van der Waals surface area contributed by atoms with Crippen LogP contribution < -0.4 is 0 Å². The normalized spacial score (nSPS) is 12.4. The van der Waals surface area contributed by atoms with Gasteiger partial charge in [-0.15, -0.1) is 0 Å². The predicted molar refractivity (Wildman–Crippen MR) is 122 cm³/mol. The summed E-state index contributed by atoms with van der Waals surface area (Å²) in [6.45, 7) is 0. The van der Waals surface area contributed by atoms with Crippen LogP contribution in [0.25, 0.3) is 67.3 Å². The van der Waals surface area contributed by atoms with E-state index < -0.39 is 0 Å². The molecule has 0 fully saturated rings. The molecule has 0 saturated carbocycles. The molecule has 8 heteroatoms. The molecule has 0 amide bonds. The number of rotatable bonds is 1. The van der Waals surface area contributed by atoms with E-state index in [1.807, 2.05) is 52.9 Å². The second-order valence-electron chi connectivity index (χ2n) is 7.81. The second-order valence-corrected chi connectivity index (χ2v) is 7.81. The van der Waals surface area contributed by atoms with Crippen molar-refractivity contribution in [2.75, 3.05) is 0 Å². The molecule has 0 unspecified atom stereocenters. The fraction of sp³-hybridized carbons (Fsp3) is 0. The van der Waals surface area contributed by atoms with E-state index in [4.69, 9.17) is 9.40 Å². The van der Waals surface area contributed by atoms with Gasteiger partial charge in [0.25, 0.3) is 0 Å². The number of benzene rings is 2. The number of nitrogens with one attached hydrogen (secondary N) is 1. The molecule has 0 radical (unpaired) electrons. The molecule has 2 aromatic carbocycles. The van der Waals surface area contributed by atoms with Gasteiger partial charge in [-0.3, -0.25) is 8.80 Å². The molecule has 6 heterocycles. The van der Waals surface area contributed by atoms with Crippen molar-refractivity contribution in [3.63, 3.8) is 0 Å². The van der Waals surface area contributed by atoms with Crippen LogP contribution in [0, 0.1) is 0 Å². The molecule has 0 saturated heterocycles. The molecule has 150 valence electrons. The van der Waals surface area contributed by atoms with E-state index >= 15 is 0 Å². The summed E-state index contributed by atoms with van der Waals surface area (Å²) in [6, 6.07) is 22.2. The Morgan fingerprint density at radius 1 is 0.719 bits per heavy atom. The molecule has 1 N–H and O–H groups in total. The molecule has 0 bridgehead atoms. The maximum Gasteiger partial charge on any atom is 0.309 e. The first kappa shape index (κ1) is 16.0. The van der Waals surface area contributed by atoms with E-state index in [2.05, 4.69) is 42.5 Å². The summed E-state index contributed by atoms with van der Waals surface area (Å²) >= 11 is 0. The van der Waals surface area contributed by atoms with Crippen LogP contribution in [0.3, 0.4) is 0 Å². The molecule has 32 heavy (non-hydrogen) atoms. The Kier molecular flexibility index (Phi) is 2.75. The van der Waals surface area contributed by atoms with E-state index in [1.54, 1.807) is 6.20 Å². The SMILES string of the molecule is c1ccc2c(c1)oc1nc3nc(-c4ccc5c(c4)[nH]c4nc6ncccc6n45)ccc3n12. The minimum Gasteiger partial charge on any atom is -0.423 e. The van der Waals surface area contributed by atoms with E-state index in [0.717, 1.165) is 55.8 Å². The van der Waals surface area contributed by atoms with Crippen molar-refractivity contribution in [1.82, 2.24) is 33.7 Å². The third kappa shape index (κ3) is 1.96. The lowest BCUT2D eigenvalue weighted by atomic mass is 10.1. The van der Waals surface area contributed by atoms with Gasteiger partial charge in [-0.05, 0) is 48.5 Å². The maximum atomic E-state index is 5.89. The van der Waals surface area contributed by atoms with Crippen molar-refractivity contribution in [3.05, 3.63) is 72.9 Å². The Bertz CT molecular complexity index is 1860. The van der Waals surface area contributed by atoms with E-state index in [0.29, 0.717) is 11.5 Å². The first-order chi connectivity index (χ1) is 15.8. The minimum absolute atomic E-state index is 0.549. The molecule has 6 aromatic heterocycles. The lowest BCUT2D eigenvalue weighted by molar-refractivity contribution is 0.643. The lowest BCUT2D eigenvalue weighted by Gasteiger charge is -2.02. The zero-order valence-corrected chi connectivity index (χ0v) is 16.5. The number of nitrogens with zero attached hydrogens (tertiary/aromatic N) is 6. The third-order valence-electron chi connectivity index (χ3n) is 6.01. The summed E-state index contributed by atoms with van der Waals surface area (Å²) < 4.78 is 9.99. The lowest BCUT2D eigenvalue weighted by Crippen LogP contribution is -1.87. The van der Waals surface area contributed by atoms with E-state index in [-0.39, 0.29) is 0 Å². The van der Waals surface area contributed by atoms with Crippen LogP contribution in [0.1, 0.15) is 0 Å². The van der Waals surface area contributed by atoms with Gasteiger partial charge in [0.1, 0.15) is 0 Å². The minimum atomic E-state index is 0.549. The topological polar surface area (TPSA) is 89.3 Å². The van der Waals surface area contributed by atoms with Crippen LogP contribution >= 0.6 is 0 Å². The Morgan fingerprint density at radius 3 is 2.59 bits per heavy atom. The number of oxazole rings is 1. The number of para-hydroxylation sites is 2. The Hall–Kier alpha value is -4.72. The number of aromatic nitrogens is 7. The Balaban J connectivity index is 1.32. The summed E-state index contributed by atoms with van der Waals surface area (Å²) in [7, 11) is 0. The van der Waals surface area contributed by atoms with Crippen molar-refractivity contribution >= 4 is 56.1 Å². The van der Waals surface area contributed by atoms with Gasteiger partial charge in [-0.2, -0.15) is 9.97 Å². The highest BCUT2D eigenvalue weighted by Gasteiger charge is 2.15. The van der Waals surface area contributed by atoms with Crippen LogP contribution in [0.2, 0.25) is 0 Å². The predicted octanol–water partition coefficient (Wildman–Crippen LogP) is 4.97. The molecule has 0 aliphatic rings. The standard InChI is InChI=1S/C24H13N7O/c1-2-6-20-17(4-1)31-19-10-8-14(26-22(19)29-24(31)32-20)13-7-9-16-15(12-13)27-23-28-21-18(30(16)23)5-3-11-25-21/h1-12H,(H,25,27,28). The van der Waals surface area contributed by atoms with Crippen molar-refractivity contribution in [1.29, 1.82) is 0 Å². The van der Waals surface area contributed by atoms with Crippen molar-refractivity contribution < 1.29 is 4.42 Å². The molecule has 0 aliphatic heterocycles. The smallest absolute Gasteiger partial charge is 0.309 e. The largest absolute Gasteiger partial charge is 0.423 e. The molecular formula is C24H13N7O. The third-order valence-corrected chi connectivity index (χ3v) is 6.01. The van der Waals surface area contributed by atoms with E-state index in [1.165, 1.54) is 0 Å². The zero-order chi connectivity index (χ0) is 20.8. The number of pyridine rings is 2. The number of aromatic amines is 1. The van der Waals surface area contributed by atoms with Gasteiger partial charge in [0.05, 0.1) is 33.3 Å². The average molecular weight is 415 g/mol. The molecular weight excluding hydrogens is 402 g/mol. The van der Waals surface area contributed by atoms with Crippen molar-refractivity contribution in [2.45, 2.75) is 0 Å². The molecule has 0 spiro atoms. The number of hydrogen-bond acceptors (Lipinski definition) is 5. The zero-order valence-electron chi connectivity index (χ0n) is 16.5. The molecule has 0 atom stereocenters. The van der Waals surface area contributed by atoms with Gasteiger partial charge >= 0.3 is 5.84 Å². The highest BCUT2D eigenvalue weighted by Crippen LogP contribution is 2.29. The summed E-state index contributed by atoms with van der Waals surface area (Å²) in [5.41, 5.74) is 8.97.